The third-order valence-electron chi connectivity index (χ3n) is 3.79. The number of sulfonamides is 1. The molecule has 0 aromatic heterocycles. The standard InChI is InChI=1S/C18H20N2O5S/c1-13-4-10-16(11-5-13)26(23,24)20(2)15-8-6-14(7-9-15)18(22)19-12-17(21)25-3/h4-11H,12H2,1-3H3,(H,19,22). The predicted octanol–water partition coefficient (Wildman–Crippen LogP) is 1.72. The lowest BCUT2D eigenvalue weighted by molar-refractivity contribution is -0.139. The number of aryl methyl sites for hydroxylation is 1. The van der Waals surface area contributed by atoms with Crippen LogP contribution in [-0.4, -0.2) is 41.0 Å². The molecule has 0 atom stereocenters. The second kappa shape index (κ2) is 8.01. The summed E-state index contributed by atoms with van der Waals surface area (Å²) in [4.78, 5) is 23.2. The Morgan fingerprint density at radius 3 is 2.15 bits per heavy atom. The molecule has 7 nitrogen and oxygen atoms in total. The summed E-state index contributed by atoms with van der Waals surface area (Å²) in [7, 11) is -1.02. The Labute approximate surface area is 152 Å². The van der Waals surface area contributed by atoms with Crippen molar-refractivity contribution >= 4 is 27.6 Å². The maximum Gasteiger partial charge on any atom is 0.325 e. The van der Waals surface area contributed by atoms with Gasteiger partial charge < -0.3 is 10.1 Å². The van der Waals surface area contributed by atoms with E-state index in [-0.39, 0.29) is 11.4 Å². The van der Waals surface area contributed by atoms with Crippen molar-refractivity contribution < 1.29 is 22.7 Å². The van der Waals surface area contributed by atoms with E-state index in [1.807, 2.05) is 6.92 Å². The molecule has 0 bridgehead atoms. The Bertz CT molecular complexity index is 890. The fourth-order valence-corrected chi connectivity index (χ4v) is 3.35. The second-order valence-corrected chi connectivity index (χ2v) is 7.56. The predicted molar refractivity (Wildman–Crippen MR) is 97.6 cm³/mol. The van der Waals surface area contributed by atoms with E-state index in [0.29, 0.717) is 11.3 Å². The third kappa shape index (κ3) is 4.40. The Morgan fingerprint density at radius 1 is 1.04 bits per heavy atom. The van der Waals surface area contributed by atoms with Crippen molar-refractivity contribution in [1.29, 1.82) is 0 Å². The number of carbonyl (C=O) groups is 2. The molecule has 0 spiro atoms. The first kappa shape index (κ1) is 19.5. The first-order chi connectivity index (χ1) is 12.3. The van der Waals surface area contributed by atoms with Crippen molar-refractivity contribution in [3.05, 3.63) is 59.7 Å². The maximum absolute atomic E-state index is 12.7. The lowest BCUT2D eigenvalue weighted by Gasteiger charge is -2.20. The summed E-state index contributed by atoms with van der Waals surface area (Å²) < 4.78 is 30.9. The van der Waals surface area contributed by atoms with E-state index in [1.54, 1.807) is 24.3 Å². The number of amides is 1. The molecule has 0 aliphatic carbocycles. The van der Waals surface area contributed by atoms with Gasteiger partial charge >= 0.3 is 5.97 Å². The van der Waals surface area contributed by atoms with E-state index in [0.717, 1.165) is 9.87 Å². The van der Waals surface area contributed by atoms with E-state index in [9.17, 15) is 18.0 Å². The highest BCUT2D eigenvalue weighted by atomic mass is 32.2. The molecule has 2 aromatic carbocycles. The van der Waals surface area contributed by atoms with E-state index in [1.165, 1.54) is 38.4 Å². The Morgan fingerprint density at radius 2 is 1.62 bits per heavy atom. The average molecular weight is 376 g/mol. The van der Waals surface area contributed by atoms with Gasteiger partial charge in [-0.3, -0.25) is 13.9 Å². The van der Waals surface area contributed by atoms with Crippen LogP contribution >= 0.6 is 0 Å². The van der Waals surface area contributed by atoms with Crippen molar-refractivity contribution in [1.82, 2.24) is 5.32 Å². The zero-order chi connectivity index (χ0) is 19.3. The van der Waals surface area contributed by atoms with Crippen molar-refractivity contribution in [2.24, 2.45) is 0 Å². The van der Waals surface area contributed by atoms with Crippen molar-refractivity contribution in [3.8, 4) is 0 Å². The molecule has 2 rings (SSSR count). The van der Waals surface area contributed by atoms with Gasteiger partial charge in [0.2, 0.25) is 0 Å². The maximum atomic E-state index is 12.7. The van der Waals surface area contributed by atoms with Crippen molar-refractivity contribution in [3.63, 3.8) is 0 Å². The highest BCUT2D eigenvalue weighted by molar-refractivity contribution is 7.92. The molecule has 0 heterocycles. The van der Waals surface area contributed by atoms with Crippen LogP contribution in [0.15, 0.2) is 53.4 Å². The molecule has 1 amide bonds. The molecule has 0 saturated carbocycles. The number of hydrogen-bond acceptors (Lipinski definition) is 5. The van der Waals surface area contributed by atoms with Crippen LogP contribution < -0.4 is 9.62 Å². The molecule has 0 fully saturated rings. The molecule has 2 aromatic rings. The van der Waals surface area contributed by atoms with Gasteiger partial charge in [0.1, 0.15) is 6.54 Å². The minimum absolute atomic E-state index is 0.186. The Kier molecular flexibility index (Phi) is 5.99. The molecular weight excluding hydrogens is 356 g/mol. The number of benzene rings is 2. The van der Waals surface area contributed by atoms with Gasteiger partial charge in [0.05, 0.1) is 17.7 Å². The molecule has 0 aliphatic rings. The van der Waals surface area contributed by atoms with Gasteiger partial charge in [0.25, 0.3) is 15.9 Å². The average Bonchev–Trinajstić information content (AvgIpc) is 2.65. The molecule has 1 N–H and O–H groups in total. The number of nitrogens with zero attached hydrogens (tertiary/aromatic N) is 1. The van der Waals surface area contributed by atoms with Gasteiger partial charge in [-0.25, -0.2) is 8.42 Å². The first-order valence-electron chi connectivity index (χ1n) is 7.76. The topological polar surface area (TPSA) is 92.8 Å². The number of rotatable bonds is 6. The van der Waals surface area contributed by atoms with E-state index >= 15 is 0 Å². The monoisotopic (exact) mass is 376 g/mol. The zero-order valence-corrected chi connectivity index (χ0v) is 15.5. The highest BCUT2D eigenvalue weighted by Crippen LogP contribution is 2.22. The molecule has 8 heteroatoms. The van der Waals surface area contributed by atoms with Crippen LogP contribution in [0.4, 0.5) is 5.69 Å². The Balaban J connectivity index is 2.15. The number of hydrogen-bond donors (Lipinski definition) is 1. The van der Waals surface area contributed by atoms with Gasteiger partial charge in [-0.05, 0) is 43.3 Å². The van der Waals surface area contributed by atoms with Crippen LogP contribution in [0.25, 0.3) is 0 Å². The summed E-state index contributed by atoms with van der Waals surface area (Å²) in [5.74, 6) is -1.01. The third-order valence-corrected chi connectivity index (χ3v) is 5.59. The van der Waals surface area contributed by atoms with Crippen LogP contribution in [0, 0.1) is 6.92 Å². The summed E-state index contributed by atoms with van der Waals surface area (Å²) in [6.45, 7) is 1.64. The minimum Gasteiger partial charge on any atom is -0.468 e. The summed E-state index contributed by atoms with van der Waals surface area (Å²) in [6, 6.07) is 12.6. The van der Waals surface area contributed by atoms with Gasteiger partial charge in [-0.2, -0.15) is 0 Å². The summed E-state index contributed by atoms with van der Waals surface area (Å²) in [5, 5.41) is 2.41. The largest absolute Gasteiger partial charge is 0.468 e. The Hall–Kier alpha value is -2.87. The van der Waals surface area contributed by atoms with E-state index in [2.05, 4.69) is 10.1 Å². The molecule has 138 valence electrons. The van der Waals surface area contributed by atoms with Gasteiger partial charge in [0, 0.05) is 12.6 Å². The smallest absolute Gasteiger partial charge is 0.325 e. The lowest BCUT2D eigenvalue weighted by Crippen LogP contribution is -2.30. The fraction of sp³-hybridized carbons (Fsp3) is 0.222. The number of methoxy groups -OCH3 is 1. The molecule has 0 unspecified atom stereocenters. The lowest BCUT2D eigenvalue weighted by atomic mass is 10.2. The van der Waals surface area contributed by atoms with Crippen LogP contribution in [0.3, 0.4) is 0 Å². The number of anilines is 1. The number of ether oxygens (including phenoxy) is 1. The summed E-state index contributed by atoms with van der Waals surface area (Å²) in [5.41, 5.74) is 1.68. The van der Waals surface area contributed by atoms with Crippen LogP contribution in [0.5, 0.6) is 0 Å². The molecule has 26 heavy (non-hydrogen) atoms. The number of esters is 1. The fourth-order valence-electron chi connectivity index (χ4n) is 2.16. The van der Waals surface area contributed by atoms with Crippen LogP contribution in [-0.2, 0) is 19.6 Å². The van der Waals surface area contributed by atoms with Crippen molar-refractivity contribution in [2.75, 3.05) is 25.0 Å². The molecule has 0 saturated heterocycles. The number of carbonyl (C=O) groups excluding carboxylic acids is 2. The summed E-state index contributed by atoms with van der Waals surface area (Å²) >= 11 is 0. The van der Waals surface area contributed by atoms with Gasteiger partial charge in [0.15, 0.2) is 0 Å². The number of nitrogens with one attached hydrogen (secondary N) is 1. The quantitative estimate of drug-likeness (QED) is 0.775. The van der Waals surface area contributed by atoms with Crippen LogP contribution in [0.2, 0.25) is 0 Å². The van der Waals surface area contributed by atoms with Gasteiger partial charge in [-0.1, -0.05) is 17.7 Å². The molecule has 0 radical (unpaired) electrons. The molecular formula is C18H20N2O5S. The van der Waals surface area contributed by atoms with E-state index < -0.39 is 21.9 Å². The van der Waals surface area contributed by atoms with Crippen LogP contribution in [0.1, 0.15) is 15.9 Å². The SMILES string of the molecule is COC(=O)CNC(=O)c1ccc(N(C)S(=O)(=O)c2ccc(C)cc2)cc1. The van der Waals surface area contributed by atoms with Crippen molar-refractivity contribution in [2.45, 2.75) is 11.8 Å². The zero-order valence-electron chi connectivity index (χ0n) is 14.7. The highest BCUT2D eigenvalue weighted by Gasteiger charge is 2.21. The van der Waals surface area contributed by atoms with Gasteiger partial charge in [-0.15, -0.1) is 0 Å². The second-order valence-electron chi connectivity index (χ2n) is 5.59. The normalized spacial score (nSPS) is 10.9. The van der Waals surface area contributed by atoms with E-state index in [4.69, 9.17) is 0 Å². The first-order valence-corrected chi connectivity index (χ1v) is 9.20. The summed E-state index contributed by atoms with van der Waals surface area (Å²) in [6.07, 6.45) is 0. The minimum atomic E-state index is -3.70. The molecule has 0 aliphatic heterocycles.